The number of rotatable bonds is 4. The molecule has 4 nitrogen and oxygen atoms in total. The van der Waals surface area contributed by atoms with Gasteiger partial charge in [-0.05, 0) is 24.3 Å². The summed E-state index contributed by atoms with van der Waals surface area (Å²) >= 11 is 0. The molecule has 0 heterocycles. The molecule has 0 atom stereocenters. The molecule has 0 aliphatic rings. The highest BCUT2D eigenvalue weighted by Crippen LogP contribution is 2.46. The lowest BCUT2D eigenvalue weighted by Crippen LogP contribution is -2.13. The first kappa shape index (κ1) is 22.9. The molecule has 0 aliphatic heterocycles. The summed E-state index contributed by atoms with van der Waals surface area (Å²) in [6.07, 6.45) is -5.63. The van der Waals surface area contributed by atoms with Gasteiger partial charge in [-0.2, -0.15) is 17.6 Å². The van der Waals surface area contributed by atoms with E-state index in [4.69, 9.17) is 11.5 Å². The Morgan fingerprint density at radius 3 is 1.53 bits per heavy atom. The van der Waals surface area contributed by atoms with E-state index in [2.05, 4.69) is 9.47 Å². The molecular weight excluding hydrogens is 459 g/mol. The molecule has 0 spiro atoms. The second-order valence-electron chi connectivity index (χ2n) is 6.14. The number of benzene rings is 3. The van der Waals surface area contributed by atoms with Gasteiger partial charge in [0.25, 0.3) is 0 Å². The van der Waals surface area contributed by atoms with Gasteiger partial charge in [0.1, 0.15) is 11.4 Å². The molecule has 0 saturated carbocycles. The van der Waals surface area contributed by atoms with Crippen LogP contribution in [-0.4, -0.2) is 0 Å². The number of alkyl halides is 3. The van der Waals surface area contributed by atoms with Gasteiger partial charge in [-0.25, -0.2) is 22.0 Å². The van der Waals surface area contributed by atoms with E-state index in [1.165, 1.54) is 0 Å². The fraction of sp³-hybridized carbons (Fsp3) is 0.0526. The van der Waals surface area contributed by atoms with Gasteiger partial charge in [-0.1, -0.05) is 0 Å². The van der Waals surface area contributed by atoms with Crippen molar-refractivity contribution in [1.82, 2.24) is 0 Å². The third-order valence-electron chi connectivity index (χ3n) is 4.00. The van der Waals surface area contributed by atoms with Crippen LogP contribution in [0.15, 0.2) is 30.3 Å². The zero-order chi connectivity index (χ0) is 24.0. The standard InChI is InChI=1S/C19H9F9N2O2/c20-6-1-3-9(29)13(23)16(6)31-11-5-8(22)12(19(26,27)28)18(15(11)25)32-17-7(21)2-4-10(30)14(17)24/h1-5H,29-30H2. The number of nitrogen functional groups attached to an aromatic ring is 2. The Labute approximate surface area is 172 Å². The lowest BCUT2D eigenvalue weighted by atomic mass is 10.1. The van der Waals surface area contributed by atoms with E-state index in [0.29, 0.717) is 18.2 Å². The van der Waals surface area contributed by atoms with Crippen molar-refractivity contribution in [3.63, 3.8) is 0 Å². The van der Waals surface area contributed by atoms with Crippen LogP contribution in [0, 0.1) is 34.9 Å². The highest BCUT2D eigenvalue weighted by atomic mass is 19.4. The second kappa shape index (κ2) is 8.05. The van der Waals surface area contributed by atoms with Crippen molar-refractivity contribution in [3.8, 4) is 23.0 Å². The molecular formula is C19H9F9N2O2. The van der Waals surface area contributed by atoms with Crippen LogP contribution < -0.4 is 20.9 Å². The summed E-state index contributed by atoms with van der Waals surface area (Å²) < 4.78 is 134. The Morgan fingerprint density at radius 1 is 0.594 bits per heavy atom. The van der Waals surface area contributed by atoms with Crippen molar-refractivity contribution in [2.24, 2.45) is 0 Å². The summed E-state index contributed by atoms with van der Waals surface area (Å²) in [5.74, 6) is -17.3. The Balaban J connectivity index is 2.24. The van der Waals surface area contributed by atoms with Crippen LogP contribution in [0.3, 0.4) is 0 Å². The zero-order valence-corrected chi connectivity index (χ0v) is 15.3. The summed E-state index contributed by atoms with van der Waals surface area (Å²) in [7, 11) is 0. The maximum Gasteiger partial charge on any atom is 0.422 e. The molecule has 0 unspecified atom stereocenters. The van der Waals surface area contributed by atoms with Crippen molar-refractivity contribution in [2.45, 2.75) is 6.18 Å². The van der Waals surface area contributed by atoms with Crippen molar-refractivity contribution >= 4 is 11.4 Å². The summed E-state index contributed by atoms with van der Waals surface area (Å²) in [4.78, 5) is 0. The van der Waals surface area contributed by atoms with Crippen LogP contribution in [0.25, 0.3) is 0 Å². The third kappa shape index (κ3) is 4.05. The van der Waals surface area contributed by atoms with Gasteiger partial charge in [0.2, 0.25) is 17.3 Å². The van der Waals surface area contributed by atoms with Crippen molar-refractivity contribution in [3.05, 3.63) is 70.8 Å². The SMILES string of the molecule is Nc1ccc(F)c(Oc2cc(F)c(C(F)(F)F)c(Oc3c(F)ccc(N)c3F)c2F)c1F. The quantitative estimate of drug-likeness (QED) is 0.349. The van der Waals surface area contributed by atoms with Gasteiger partial charge in [0.05, 0.1) is 11.4 Å². The maximum atomic E-state index is 14.9. The Kier molecular flexibility index (Phi) is 5.76. The molecule has 0 aliphatic carbocycles. The molecule has 0 bridgehead atoms. The number of nitrogens with two attached hydrogens (primary N) is 2. The topological polar surface area (TPSA) is 70.5 Å². The normalized spacial score (nSPS) is 11.5. The van der Waals surface area contributed by atoms with Gasteiger partial charge in [0, 0.05) is 6.07 Å². The minimum absolute atomic E-state index is 0.181. The molecule has 170 valence electrons. The van der Waals surface area contributed by atoms with Gasteiger partial charge >= 0.3 is 6.18 Å². The summed E-state index contributed by atoms with van der Waals surface area (Å²) in [6.45, 7) is 0. The number of ether oxygens (including phenoxy) is 2. The van der Waals surface area contributed by atoms with E-state index in [0.717, 1.165) is 6.07 Å². The average Bonchev–Trinajstić information content (AvgIpc) is 2.70. The van der Waals surface area contributed by atoms with Crippen molar-refractivity contribution in [1.29, 1.82) is 0 Å². The molecule has 0 saturated heterocycles. The second-order valence-corrected chi connectivity index (χ2v) is 6.14. The van der Waals surface area contributed by atoms with Crippen LogP contribution >= 0.6 is 0 Å². The van der Waals surface area contributed by atoms with E-state index in [9.17, 15) is 39.5 Å². The van der Waals surface area contributed by atoms with E-state index < -0.39 is 81.0 Å². The van der Waals surface area contributed by atoms with Crippen molar-refractivity contribution < 1.29 is 49.0 Å². The maximum absolute atomic E-state index is 14.9. The van der Waals surface area contributed by atoms with Gasteiger partial charge in [-0.3, -0.25) is 0 Å². The Morgan fingerprint density at radius 2 is 1.06 bits per heavy atom. The van der Waals surface area contributed by atoms with Crippen LogP contribution in [0.2, 0.25) is 0 Å². The third-order valence-corrected chi connectivity index (χ3v) is 4.00. The number of hydrogen-bond donors (Lipinski definition) is 2. The van der Waals surface area contributed by atoms with Crippen molar-refractivity contribution in [2.75, 3.05) is 11.5 Å². The summed E-state index contributed by atoms with van der Waals surface area (Å²) in [5.41, 5.74) is 6.52. The molecule has 3 aromatic carbocycles. The fourth-order valence-electron chi connectivity index (χ4n) is 2.51. The predicted molar refractivity (Wildman–Crippen MR) is 93.0 cm³/mol. The number of hydrogen-bond acceptors (Lipinski definition) is 4. The lowest BCUT2D eigenvalue weighted by Gasteiger charge is -2.19. The Hall–Kier alpha value is -3.77. The van der Waals surface area contributed by atoms with Crippen LogP contribution in [0.4, 0.5) is 50.9 Å². The molecule has 3 aromatic rings. The molecule has 13 heteroatoms. The first-order chi connectivity index (χ1) is 14.8. The van der Waals surface area contributed by atoms with E-state index in [1.54, 1.807) is 0 Å². The van der Waals surface area contributed by atoms with E-state index in [-0.39, 0.29) is 6.07 Å². The minimum atomic E-state index is -5.63. The monoisotopic (exact) mass is 468 g/mol. The van der Waals surface area contributed by atoms with E-state index >= 15 is 0 Å². The van der Waals surface area contributed by atoms with Crippen LogP contribution in [0.1, 0.15) is 5.56 Å². The fourth-order valence-corrected chi connectivity index (χ4v) is 2.51. The number of anilines is 2. The minimum Gasteiger partial charge on any atom is -0.448 e. The number of halogens is 9. The van der Waals surface area contributed by atoms with Gasteiger partial charge < -0.3 is 20.9 Å². The molecule has 0 fully saturated rings. The highest BCUT2D eigenvalue weighted by molar-refractivity contribution is 5.53. The highest BCUT2D eigenvalue weighted by Gasteiger charge is 2.42. The first-order valence-electron chi connectivity index (χ1n) is 8.24. The van der Waals surface area contributed by atoms with Gasteiger partial charge in [0.15, 0.2) is 34.8 Å². The molecule has 32 heavy (non-hydrogen) atoms. The smallest absolute Gasteiger partial charge is 0.422 e. The summed E-state index contributed by atoms with van der Waals surface area (Å²) in [6, 6.07) is 2.36. The largest absolute Gasteiger partial charge is 0.448 e. The Bertz CT molecular complexity index is 1210. The molecule has 0 radical (unpaired) electrons. The predicted octanol–water partition coefficient (Wildman–Crippen LogP) is 6.29. The first-order valence-corrected chi connectivity index (χ1v) is 8.24. The summed E-state index contributed by atoms with van der Waals surface area (Å²) in [5, 5.41) is 0. The molecule has 4 N–H and O–H groups in total. The molecule has 3 rings (SSSR count). The molecule has 0 amide bonds. The van der Waals surface area contributed by atoms with Crippen LogP contribution in [-0.2, 0) is 6.18 Å². The van der Waals surface area contributed by atoms with E-state index in [1.807, 2.05) is 0 Å². The van der Waals surface area contributed by atoms with Gasteiger partial charge in [-0.15, -0.1) is 0 Å². The van der Waals surface area contributed by atoms with Crippen LogP contribution in [0.5, 0.6) is 23.0 Å². The average molecular weight is 468 g/mol. The zero-order valence-electron chi connectivity index (χ0n) is 15.3. The lowest BCUT2D eigenvalue weighted by molar-refractivity contribution is -0.141. The molecule has 0 aromatic heterocycles.